The molecule has 0 aromatic heterocycles. The first-order valence-electron chi connectivity index (χ1n) is 6.03. The molecule has 1 nitrogen and oxygen atoms in total. The van der Waals surface area contributed by atoms with Crippen LogP contribution in [0.15, 0.2) is 53.5 Å². The van der Waals surface area contributed by atoms with Gasteiger partial charge in [0.05, 0.1) is 0 Å². The van der Waals surface area contributed by atoms with Gasteiger partial charge in [-0.15, -0.1) is 0 Å². The molecule has 0 N–H and O–H groups in total. The molecule has 0 bridgehead atoms. The molecule has 0 spiro atoms. The third kappa shape index (κ3) is 1.83. The minimum absolute atomic E-state index is 0.846. The summed E-state index contributed by atoms with van der Waals surface area (Å²) in [5.74, 6) is 6.52. The molecule has 1 aliphatic carbocycles. The minimum atomic E-state index is 0.846. The summed E-state index contributed by atoms with van der Waals surface area (Å²) in [4.78, 5) is 4.44. The van der Waals surface area contributed by atoms with E-state index in [-0.39, 0.29) is 0 Å². The maximum atomic E-state index is 4.44. The molecule has 0 radical (unpaired) electrons. The Morgan fingerprint density at radius 3 is 2.39 bits per heavy atom. The van der Waals surface area contributed by atoms with E-state index in [2.05, 4.69) is 47.2 Å². The van der Waals surface area contributed by atoms with E-state index < -0.39 is 0 Å². The quantitative estimate of drug-likeness (QED) is 0.618. The highest BCUT2D eigenvalue weighted by molar-refractivity contribution is 6.04. The van der Waals surface area contributed by atoms with Crippen LogP contribution >= 0.6 is 0 Å². The predicted molar refractivity (Wildman–Crippen MR) is 75.0 cm³/mol. The van der Waals surface area contributed by atoms with Crippen LogP contribution in [0.3, 0.4) is 0 Å². The highest BCUT2D eigenvalue weighted by Crippen LogP contribution is 2.18. The van der Waals surface area contributed by atoms with Crippen LogP contribution in [-0.2, 0) is 6.42 Å². The van der Waals surface area contributed by atoms with Gasteiger partial charge in [0.25, 0.3) is 0 Å². The van der Waals surface area contributed by atoms with Gasteiger partial charge in [0.15, 0.2) is 0 Å². The third-order valence-electron chi connectivity index (χ3n) is 3.21. The van der Waals surface area contributed by atoms with Crippen molar-refractivity contribution in [1.82, 2.24) is 0 Å². The molecule has 0 aliphatic heterocycles. The van der Waals surface area contributed by atoms with E-state index in [4.69, 9.17) is 0 Å². The molecule has 0 saturated carbocycles. The fourth-order valence-corrected chi connectivity index (χ4v) is 2.25. The van der Waals surface area contributed by atoms with E-state index in [0.29, 0.717) is 0 Å². The first-order valence-corrected chi connectivity index (χ1v) is 6.03. The molecule has 0 atom stereocenters. The number of hydrogen-bond acceptors (Lipinski definition) is 1. The van der Waals surface area contributed by atoms with Crippen molar-refractivity contribution in [3.8, 4) is 11.8 Å². The second-order valence-electron chi connectivity index (χ2n) is 4.30. The van der Waals surface area contributed by atoms with Crippen LogP contribution in [0.25, 0.3) is 0 Å². The van der Waals surface area contributed by atoms with Crippen molar-refractivity contribution in [3.63, 3.8) is 0 Å². The van der Waals surface area contributed by atoms with Crippen molar-refractivity contribution in [1.29, 1.82) is 0 Å². The van der Waals surface area contributed by atoms with Crippen molar-refractivity contribution in [2.75, 3.05) is 7.05 Å². The van der Waals surface area contributed by atoms with E-state index in [1.165, 1.54) is 5.56 Å². The number of rotatable bonds is 0. The summed E-state index contributed by atoms with van der Waals surface area (Å²) in [7, 11) is 1.85. The van der Waals surface area contributed by atoms with Crippen LogP contribution in [0.5, 0.6) is 0 Å². The molecule has 1 aliphatic rings. The lowest BCUT2D eigenvalue weighted by Gasteiger charge is -2.12. The summed E-state index contributed by atoms with van der Waals surface area (Å²) < 4.78 is 0. The molecule has 0 saturated heterocycles. The zero-order chi connectivity index (χ0) is 12.4. The molecule has 0 heterocycles. The monoisotopic (exact) mass is 231 g/mol. The van der Waals surface area contributed by atoms with Gasteiger partial charge in [-0.1, -0.05) is 48.2 Å². The minimum Gasteiger partial charge on any atom is -0.292 e. The fourth-order valence-electron chi connectivity index (χ4n) is 2.25. The Bertz CT molecular complexity index is 684. The molecule has 86 valence electrons. The molecule has 0 amide bonds. The standard InChI is InChI=1S/C17H13N/c1-18-17-12-15-8-3-2-6-13(15)10-11-14-7-4-5-9-16(14)17/h2-9H,12H2,1H3. The van der Waals surface area contributed by atoms with Gasteiger partial charge in [0.1, 0.15) is 0 Å². The van der Waals surface area contributed by atoms with Gasteiger partial charge in [0.2, 0.25) is 0 Å². The molecule has 0 unspecified atom stereocenters. The number of fused-ring (bicyclic) bond motifs is 2. The Labute approximate surface area is 107 Å². The Morgan fingerprint density at radius 2 is 1.56 bits per heavy atom. The topological polar surface area (TPSA) is 12.4 Å². The summed E-state index contributed by atoms with van der Waals surface area (Å²) in [6.07, 6.45) is 0.846. The summed E-state index contributed by atoms with van der Waals surface area (Å²) in [6.45, 7) is 0. The second kappa shape index (κ2) is 4.50. The fraction of sp³-hybridized carbons (Fsp3) is 0.118. The van der Waals surface area contributed by atoms with Gasteiger partial charge in [-0.05, 0) is 17.7 Å². The van der Waals surface area contributed by atoms with Crippen LogP contribution in [0.2, 0.25) is 0 Å². The van der Waals surface area contributed by atoms with E-state index in [1.807, 2.05) is 25.2 Å². The molecule has 2 aromatic rings. The molecular weight excluding hydrogens is 218 g/mol. The van der Waals surface area contributed by atoms with Gasteiger partial charge in [-0.2, -0.15) is 0 Å². The van der Waals surface area contributed by atoms with E-state index in [9.17, 15) is 0 Å². The average Bonchev–Trinajstić information content (AvgIpc) is 2.41. The maximum absolute atomic E-state index is 4.44. The number of aliphatic imine (C=N–C) groups is 1. The largest absolute Gasteiger partial charge is 0.292 e. The van der Waals surface area contributed by atoms with Crippen molar-refractivity contribution in [2.45, 2.75) is 6.42 Å². The van der Waals surface area contributed by atoms with Crippen molar-refractivity contribution >= 4 is 5.71 Å². The van der Waals surface area contributed by atoms with Gasteiger partial charge in [-0.25, -0.2) is 0 Å². The molecule has 3 rings (SSSR count). The molecule has 1 heteroatoms. The van der Waals surface area contributed by atoms with Gasteiger partial charge >= 0.3 is 0 Å². The average molecular weight is 231 g/mol. The van der Waals surface area contributed by atoms with E-state index >= 15 is 0 Å². The van der Waals surface area contributed by atoms with Crippen LogP contribution < -0.4 is 0 Å². The maximum Gasteiger partial charge on any atom is 0.0473 e. The van der Waals surface area contributed by atoms with Gasteiger partial charge < -0.3 is 0 Å². The lowest BCUT2D eigenvalue weighted by Crippen LogP contribution is -2.10. The summed E-state index contributed by atoms with van der Waals surface area (Å²) in [6, 6.07) is 16.5. The molecule has 2 aromatic carbocycles. The van der Waals surface area contributed by atoms with Gasteiger partial charge in [-0.3, -0.25) is 4.99 Å². The van der Waals surface area contributed by atoms with Crippen LogP contribution in [-0.4, -0.2) is 12.8 Å². The first kappa shape index (κ1) is 10.8. The lowest BCUT2D eigenvalue weighted by atomic mass is 9.93. The highest BCUT2D eigenvalue weighted by atomic mass is 14.7. The normalized spacial score (nSPS) is 14.8. The predicted octanol–water partition coefficient (Wildman–Crippen LogP) is 3.06. The zero-order valence-electron chi connectivity index (χ0n) is 10.3. The van der Waals surface area contributed by atoms with Crippen LogP contribution in [0.1, 0.15) is 22.3 Å². The molecule has 0 fully saturated rings. The third-order valence-corrected chi connectivity index (χ3v) is 3.21. The Morgan fingerprint density at radius 1 is 0.889 bits per heavy atom. The van der Waals surface area contributed by atoms with Crippen molar-refractivity contribution < 1.29 is 0 Å². The lowest BCUT2D eigenvalue weighted by molar-refractivity contribution is 1.25. The van der Waals surface area contributed by atoms with E-state index in [0.717, 1.165) is 28.8 Å². The number of hydrogen-bond donors (Lipinski definition) is 0. The summed E-state index contributed by atoms with van der Waals surface area (Å²) in [5.41, 5.74) is 5.68. The Hall–Kier alpha value is -2.33. The number of nitrogens with zero attached hydrogens (tertiary/aromatic N) is 1. The summed E-state index contributed by atoms with van der Waals surface area (Å²) >= 11 is 0. The van der Waals surface area contributed by atoms with Crippen LogP contribution in [0.4, 0.5) is 0 Å². The van der Waals surface area contributed by atoms with Gasteiger partial charge in [0, 0.05) is 35.9 Å². The van der Waals surface area contributed by atoms with Crippen molar-refractivity contribution in [2.24, 2.45) is 4.99 Å². The number of benzene rings is 2. The van der Waals surface area contributed by atoms with Crippen molar-refractivity contribution in [3.05, 3.63) is 70.8 Å². The molecular formula is C17H13N. The molecule has 18 heavy (non-hydrogen) atoms. The smallest absolute Gasteiger partial charge is 0.0473 e. The first-order chi connectivity index (χ1) is 8.88. The van der Waals surface area contributed by atoms with Crippen LogP contribution in [0, 0.1) is 11.8 Å². The SMILES string of the molecule is CN=C1Cc2ccccc2C#Cc2ccccc21. The van der Waals surface area contributed by atoms with E-state index in [1.54, 1.807) is 0 Å². The zero-order valence-corrected chi connectivity index (χ0v) is 10.3. The highest BCUT2D eigenvalue weighted by Gasteiger charge is 2.12. The summed E-state index contributed by atoms with van der Waals surface area (Å²) in [5, 5.41) is 0. The Kier molecular flexibility index (Phi) is 2.70. The second-order valence-corrected chi connectivity index (χ2v) is 4.30. The Balaban J connectivity index is 2.26.